The first kappa shape index (κ1) is 12.7. The molecule has 3 heteroatoms. The van der Waals surface area contributed by atoms with Crippen molar-refractivity contribution in [3.05, 3.63) is 35.4 Å². The van der Waals surface area contributed by atoms with E-state index in [9.17, 15) is 9.90 Å². The number of aryl methyl sites for hydroxylation is 1. The number of likely N-dealkylation sites (N-methyl/N-ethyl adjacent to an activating group) is 1. The van der Waals surface area contributed by atoms with Crippen LogP contribution in [0.4, 0.5) is 0 Å². The Labute approximate surface area is 96.7 Å². The molecule has 1 rings (SSSR count). The summed E-state index contributed by atoms with van der Waals surface area (Å²) in [5.74, 6) is -0.270. The van der Waals surface area contributed by atoms with Gasteiger partial charge >= 0.3 is 0 Å². The number of rotatable bonds is 3. The van der Waals surface area contributed by atoms with E-state index in [0.29, 0.717) is 6.54 Å². The Morgan fingerprint density at radius 1 is 1.31 bits per heavy atom. The summed E-state index contributed by atoms with van der Waals surface area (Å²) in [6.07, 6.45) is 0. The van der Waals surface area contributed by atoms with E-state index in [2.05, 4.69) is 0 Å². The van der Waals surface area contributed by atoms with Gasteiger partial charge in [0, 0.05) is 13.6 Å². The van der Waals surface area contributed by atoms with Gasteiger partial charge in [-0.1, -0.05) is 29.8 Å². The van der Waals surface area contributed by atoms with Gasteiger partial charge < -0.3 is 10.0 Å². The molecule has 0 aromatic heterocycles. The molecule has 0 radical (unpaired) electrons. The number of hydrogen-bond acceptors (Lipinski definition) is 2. The Kier molecular flexibility index (Phi) is 3.70. The number of aliphatic hydroxyl groups is 1. The second-order valence-corrected chi connectivity index (χ2v) is 4.71. The van der Waals surface area contributed by atoms with E-state index in [1.807, 2.05) is 31.2 Å². The predicted molar refractivity (Wildman–Crippen MR) is 64.0 cm³/mol. The van der Waals surface area contributed by atoms with Gasteiger partial charge in [0.05, 0.1) is 0 Å². The largest absolute Gasteiger partial charge is 0.381 e. The topological polar surface area (TPSA) is 40.5 Å². The molecule has 0 unspecified atom stereocenters. The van der Waals surface area contributed by atoms with Crippen molar-refractivity contribution in [3.63, 3.8) is 0 Å². The van der Waals surface area contributed by atoms with Crippen LogP contribution in [0.25, 0.3) is 0 Å². The molecule has 1 N–H and O–H groups in total. The maximum atomic E-state index is 11.7. The molecule has 0 aliphatic heterocycles. The van der Waals surface area contributed by atoms with Gasteiger partial charge in [0.1, 0.15) is 5.60 Å². The highest BCUT2D eigenvalue weighted by Gasteiger charge is 2.27. The highest BCUT2D eigenvalue weighted by Crippen LogP contribution is 2.10. The van der Waals surface area contributed by atoms with Gasteiger partial charge in [0.2, 0.25) is 0 Å². The standard InChI is InChI=1S/C13H19NO2/c1-10-5-7-11(8-6-10)9-14(4)12(15)13(2,3)16/h5-8,16H,9H2,1-4H3. The molecular formula is C13H19NO2. The summed E-state index contributed by atoms with van der Waals surface area (Å²) >= 11 is 0. The lowest BCUT2D eigenvalue weighted by Gasteiger charge is -2.25. The molecule has 3 nitrogen and oxygen atoms in total. The fourth-order valence-corrected chi connectivity index (χ4v) is 1.51. The molecule has 0 atom stereocenters. The normalized spacial score (nSPS) is 11.3. The molecule has 0 fully saturated rings. The zero-order valence-electron chi connectivity index (χ0n) is 10.3. The molecule has 1 amide bonds. The third kappa shape index (κ3) is 3.35. The van der Waals surface area contributed by atoms with E-state index >= 15 is 0 Å². The zero-order chi connectivity index (χ0) is 12.3. The van der Waals surface area contributed by atoms with Crippen LogP contribution in [0.3, 0.4) is 0 Å². The van der Waals surface area contributed by atoms with E-state index in [0.717, 1.165) is 5.56 Å². The summed E-state index contributed by atoms with van der Waals surface area (Å²) in [6, 6.07) is 8.00. The van der Waals surface area contributed by atoms with Crippen LogP contribution in [0, 0.1) is 6.92 Å². The Morgan fingerprint density at radius 3 is 2.25 bits per heavy atom. The van der Waals surface area contributed by atoms with Crippen LogP contribution in [0.15, 0.2) is 24.3 Å². The third-order valence-corrected chi connectivity index (χ3v) is 2.41. The maximum absolute atomic E-state index is 11.7. The van der Waals surface area contributed by atoms with Crippen molar-refractivity contribution in [2.24, 2.45) is 0 Å². The average Bonchev–Trinajstić information content (AvgIpc) is 2.19. The smallest absolute Gasteiger partial charge is 0.253 e. The molecule has 0 heterocycles. The number of nitrogens with zero attached hydrogens (tertiary/aromatic N) is 1. The zero-order valence-corrected chi connectivity index (χ0v) is 10.3. The van der Waals surface area contributed by atoms with Gasteiger partial charge in [0.15, 0.2) is 0 Å². The SMILES string of the molecule is Cc1ccc(CN(C)C(=O)C(C)(C)O)cc1. The first-order valence-electron chi connectivity index (χ1n) is 5.34. The summed E-state index contributed by atoms with van der Waals surface area (Å²) in [7, 11) is 1.69. The highest BCUT2D eigenvalue weighted by molar-refractivity contribution is 5.83. The minimum absolute atomic E-state index is 0.270. The van der Waals surface area contributed by atoms with Crippen LogP contribution in [0.2, 0.25) is 0 Å². The van der Waals surface area contributed by atoms with Crippen molar-refractivity contribution in [1.82, 2.24) is 4.90 Å². The minimum atomic E-state index is -1.31. The summed E-state index contributed by atoms with van der Waals surface area (Å²) in [4.78, 5) is 13.2. The molecule has 0 aliphatic carbocycles. The summed E-state index contributed by atoms with van der Waals surface area (Å²) in [5.41, 5.74) is 0.949. The van der Waals surface area contributed by atoms with E-state index in [1.54, 1.807) is 7.05 Å². The van der Waals surface area contributed by atoms with Crippen LogP contribution in [0.5, 0.6) is 0 Å². The van der Waals surface area contributed by atoms with Crippen molar-refractivity contribution in [2.45, 2.75) is 32.9 Å². The quantitative estimate of drug-likeness (QED) is 0.844. The van der Waals surface area contributed by atoms with Crippen molar-refractivity contribution in [3.8, 4) is 0 Å². The molecular weight excluding hydrogens is 202 g/mol. The number of amides is 1. The fraction of sp³-hybridized carbons (Fsp3) is 0.462. The third-order valence-electron chi connectivity index (χ3n) is 2.41. The van der Waals surface area contributed by atoms with Crippen LogP contribution in [-0.4, -0.2) is 28.6 Å². The lowest BCUT2D eigenvalue weighted by Crippen LogP contribution is -2.42. The van der Waals surface area contributed by atoms with Crippen molar-refractivity contribution in [1.29, 1.82) is 0 Å². The number of carbonyl (C=O) groups is 1. The van der Waals surface area contributed by atoms with Gasteiger partial charge in [-0.05, 0) is 26.3 Å². The second kappa shape index (κ2) is 4.66. The van der Waals surface area contributed by atoms with Crippen LogP contribution in [0.1, 0.15) is 25.0 Å². The van der Waals surface area contributed by atoms with E-state index in [-0.39, 0.29) is 5.91 Å². The van der Waals surface area contributed by atoms with E-state index < -0.39 is 5.60 Å². The van der Waals surface area contributed by atoms with E-state index in [4.69, 9.17) is 0 Å². The first-order valence-corrected chi connectivity index (χ1v) is 5.34. The van der Waals surface area contributed by atoms with Gasteiger partial charge in [-0.3, -0.25) is 4.79 Å². The Balaban J connectivity index is 2.68. The number of carbonyl (C=O) groups excluding carboxylic acids is 1. The Bertz CT molecular complexity index is 363. The van der Waals surface area contributed by atoms with Gasteiger partial charge in [-0.2, -0.15) is 0 Å². The average molecular weight is 221 g/mol. The monoisotopic (exact) mass is 221 g/mol. The maximum Gasteiger partial charge on any atom is 0.253 e. The van der Waals surface area contributed by atoms with Crippen LogP contribution < -0.4 is 0 Å². The van der Waals surface area contributed by atoms with Gasteiger partial charge in [0.25, 0.3) is 5.91 Å². The van der Waals surface area contributed by atoms with Crippen molar-refractivity contribution >= 4 is 5.91 Å². The molecule has 88 valence electrons. The molecule has 0 saturated heterocycles. The summed E-state index contributed by atoms with van der Waals surface area (Å²) in [6.45, 7) is 5.54. The van der Waals surface area contributed by atoms with Crippen molar-refractivity contribution in [2.75, 3.05) is 7.05 Å². The lowest BCUT2D eigenvalue weighted by atomic mass is 10.1. The fourth-order valence-electron chi connectivity index (χ4n) is 1.51. The molecule has 0 spiro atoms. The lowest BCUT2D eigenvalue weighted by molar-refractivity contribution is -0.146. The molecule has 0 bridgehead atoms. The second-order valence-electron chi connectivity index (χ2n) is 4.71. The number of benzene rings is 1. The first-order chi connectivity index (χ1) is 7.30. The molecule has 0 saturated carbocycles. The molecule has 0 aliphatic rings. The number of hydrogen-bond donors (Lipinski definition) is 1. The summed E-state index contributed by atoms with van der Waals surface area (Å²) in [5, 5.41) is 9.59. The predicted octanol–water partition coefficient (Wildman–Crippen LogP) is 1.72. The van der Waals surface area contributed by atoms with Gasteiger partial charge in [-0.25, -0.2) is 0 Å². The van der Waals surface area contributed by atoms with Crippen LogP contribution >= 0.6 is 0 Å². The van der Waals surface area contributed by atoms with Gasteiger partial charge in [-0.15, -0.1) is 0 Å². The highest BCUT2D eigenvalue weighted by atomic mass is 16.3. The van der Waals surface area contributed by atoms with Crippen molar-refractivity contribution < 1.29 is 9.90 Å². The molecule has 1 aromatic rings. The Morgan fingerprint density at radius 2 is 1.81 bits per heavy atom. The van der Waals surface area contributed by atoms with Crippen LogP contribution in [-0.2, 0) is 11.3 Å². The summed E-state index contributed by atoms with van der Waals surface area (Å²) < 4.78 is 0. The minimum Gasteiger partial charge on any atom is -0.381 e. The molecule has 1 aromatic carbocycles. The molecule has 16 heavy (non-hydrogen) atoms. The van der Waals surface area contributed by atoms with E-state index in [1.165, 1.54) is 24.3 Å². The Hall–Kier alpha value is -1.35.